The minimum atomic E-state index is -3.74. The number of guanidine groups is 1. The predicted octanol–water partition coefficient (Wildman–Crippen LogP) is -0.736. The fourth-order valence-electron chi connectivity index (χ4n) is 0.495. The summed E-state index contributed by atoms with van der Waals surface area (Å²) in [5, 5.41) is 2.22. The molecule has 0 saturated carbocycles. The molecule has 0 amide bonds. The summed E-state index contributed by atoms with van der Waals surface area (Å²) in [6.07, 6.45) is 0.812. The van der Waals surface area contributed by atoms with Crippen molar-refractivity contribution >= 4 is 16.0 Å². The SMILES string of the molecule is CCN=C(N)N(N=O)S(C)(=O)=O. The maximum Gasteiger partial charge on any atom is 0.256 e. The second-order valence-electron chi connectivity index (χ2n) is 1.92. The van der Waals surface area contributed by atoms with Crippen molar-refractivity contribution < 1.29 is 8.42 Å². The maximum atomic E-state index is 10.8. The number of nitrogens with zero attached hydrogens (tertiary/aromatic N) is 3. The number of rotatable bonds is 3. The zero-order chi connectivity index (χ0) is 9.78. The Kier molecular flexibility index (Phi) is 3.61. The van der Waals surface area contributed by atoms with E-state index in [0.717, 1.165) is 6.26 Å². The zero-order valence-electron chi connectivity index (χ0n) is 6.76. The molecule has 0 radical (unpaired) electrons. The van der Waals surface area contributed by atoms with Gasteiger partial charge in [0.15, 0.2) is 0 Å². The third-order valence-electron chi connectivity index (χ3n) is 0.904. The molecule has 0 aromatic carbocycles. The van der Waals surface area contributed by atoms with E-state index in [1.54, 1.807) is 6.92 Å². The monoisotopic (exact) mass is 194 g/mol. The van der Waals surface area contributed by atoms with Crippen molar-refractivity contribution in [3.05, 3.63) is 4.91 Å². The van der Waals surface area contributed by atoms with Crippen LogP contribution in [0.4, 0.5) is 0 Å². The lowest BCUT2D eigenvalue weighted by molar-refractivity contribution is 0.535. The topological polar surface area (TPSA) is 105 Å². The van der Waals surface area contributed by atoms with Gasteiger partial charge in [0.05, 0.1) is 11.5 Å². The highest BCUT2D eigenvalue weighted by Gasteiger charge is 2.19. The van der Waals surface area contributed by atoms with Gasteiger partial charge in [-0.2, -0.15) is 0 Å². The first kappa shape index (κ1) is 10.8. The molecule has 0 unspecified atom stereocenters. The molecule has 0 aliphatic carbocycles. The molecule has 0 aromatic heterocycles. The molecule has 0 aromatic rings. The van der Waals surface area contributed by atoms with Crippen LogP contribution in [-0.2, 0) is 10.0 Å². The molecule has 70 valence electrons. The van der Waals surface area contributed by atoms with Crippen LogP contribution in [0, 0.1) is 4.91 Å². The molecule has 0 bridgehead atoms. The van der Waals surface area contributed by atoms with Crippen LogP contribution in [0.25, 0.3) is 0 Å². The Bertz CT molecular complexity index is 283. The van der Waals surface area contributed by atoms with Crippen molar-refractivity contribution in [3.63, 3.8) is 0 Å². The zero-order valence-corrected chi connectivity index (χ0v) is 7.58. The average Bonchev–Trinajstić information content (AvgIpc) is 1.85. The van der Waals surface area contributed by atoms with Crippen LogP contribution in [0.2, 0.25) is 0 Å². The Morgan fingerprint density at radius 1 is 1.58 bits per heavy atom. The van der Waals surface area contributed by atoms with Crippen molar-refractivity contribution in [3.8, 4) is 0 Å². The summed E-state index contributed by atoms with van der Waals surface area (Å²) in [4.78, 5) is 13.5. The van der Waals surface area contributed by atoms with E-state index in [9.17, 15) is 13.3 Å². The van der Waals surface area contributed by atoms with Crippen LogP contribution in [-0.4, -0.2) is 31.6 Å². The number of sulfonamides is 1. The highest BCUT2D eigenvalue weighted by molar-refractivity contribution is 7.88. The maximum absolute atomic E-state index is 10.8. The summed E-state index contributed by atoms with van der Waals surface area (Å²) >= 11 is 0. The Morgan fingerprint density at radius 3 is 2.33 bits per heavy atom. The van der Waals surface area contributed by atoms with Gasteiger partial charge in [0, 0.05) is 6.54 Å². The molecule has 0 spiro atoms. The van der Waals surface area contributed by atoms with E-state index in [1.165, 1.54) is 0 Å². The van der Waals surface area contributed by atoms with Crippen molar-refractivity contribution in [1.29, 1.82) is 0 Å². The third kappa shape index (κ3) is 2.82. The molecule has 8 heteroatoms. The molecular weight excluding hydrogens is 184 g/mol. The van der Waals surface area contributed by atoms with Gasteiger partial charge in [0.2, 0.25) is 5.96 Å². The van der Waals surface area contributed by atoms with Crippen LogP contribution >= 0.6 is 0 Å². The molecule has 12 heavy (non-hydrogen) atoms. The van der Waals surface area contributed by atoms with Gasteiger partial charge < -0.3 is 5.73 Å². The lowest BCUT2D eigenvalue weighted by Crippen LogP contribution is -2.37. The van der Waals surface area contributed by atoms with Gasteiger partial charge in [-0.15, -0.1) is 4.91 Å². The van der Waals surface area contributed by atoms with Crippen LogP contribution in [0.5, 0.6) is 0 Å². The van der Waals surface area contributed by atoms with Gasteiger partial charge >= 0.3 is 0 Å². The highest BCUT2D eigenvalue weighted by atomic mass is 32.2. The second-order valence-corrected chi connectivity index (χ2v) is 3.73. The van der Waals surface area contributed by atoms with Crippen LogP contribution in [0.15, 0.2) is 10.3 Å². The molecule has 0 aliphatic heterocycles. The molecule has 0 fully saturated rings. The van der Waals surface area contributed by atoms with Crippen molar-refractivity contribution in [2.24, 2.45) is 16.0 Å². The molecule has 0 rings (SSSR count). The van der Waals surface area contributed by atoms with Gasteiger partial charge in [0.25, 0.3) is 10.0 Å². The van der Waals surface area contributed by atoms with Gasteiger partial charge in [-0.3, -0.25) is 4.99 Å². The summed E-state index contributed by atoms with van der Waals surface area (Å²) in [7, 11) is -3.74. The lowest BCUT2D eigenvalue weighted by atomic mass is 10.8. The van der Waals surface area contributed by atoms with Gasteiger partial charge in [-0.05, 0) is 6.92 Å². The standard InChI is InChI=1S/C4H10N4O3S/c1-3-6-4(5)8(7-9)12(2,10)11/h3H2,1-2H3,(H2,5,6). The fraction of sp³-hybridized carbons (Fsp3) is 0.750. The molecular formula is C4H10N4O3S. The minimum absolute atomic E-state index is 0.135. The summed E-state index contributed by atoms with van der Waals surface area (Å²) in [5.74, 6) is -0.421. The predicted molar refractivity (Wildman–Crippen MR) is 44.6 cm³/mol. The third-order valence-corrected chi connectivity index (χ3v) is 1.79. The Hall–Kier alpha value is -1.18. The molecule has 0 aliphatic rings. The van der Waals surface area contributed by atoms with Crippen LogP contribution in [0.3, 0.4) is 0 Å². The minimum Gasteiger partial charge on any atom is -0.367 e. The first-order chi connectivity index (χ1) is 5.43. The number of nitroso groups, excluding NO2 is 1. The van der Waals surface area contributed by atoms with E-state index < -0.39 is 16.0 Å². The largest absolute Gasteiger partial charge is 0.367 e. The number of nitrogens with two attached hydrogens (primary N) is 1. The number of hydrogen-bond acceptors (Lipinski definition) is 5. The smallest absolute Gasteiger partial charge is 0.256 e. The van der Waals surface area contributed by atoms with E-state index in [4.69, 9.17) is 5.73 Å². The lowest BCUT2D eigenvalue weighted by Gasteiger charge is -2.09. The van der Waals surface area contributed by atoms with Crippen LogP contribution < -0.4 is 5.73 Å². The van der Waals surface area contributed by atoms with E-state index in [2.05, 4.69) is 10.3 Å². The van der Waals surface area contributed by atoms with Crippen molar-refractivity contribution in [2.75, 3.05) is 12.8 Å². The van der Waals surface area contributed by atoms with Crippen molar-refractivity contribution in [1.82, 2.24) is 4.41 Å². The Morgan fingerprint density at radius 2 is 2.08 bits per heavy atom. The molecule has 7 nitrogen and oxygen atoms in total. The highest BCUT2D eigenvalue weighted by Crippen LogP contribution is 1.97. The average molecular weight is 194 g/mol. The summed E-state index contributed by atoms with van der Waals surface area (Å²) < 4.78 is 21.6. The van der Waals surface area contributed by atoms with Gasteiger partial charge in [-0.1, -0.05) is 4.41 Å². The Labute approximate surface area is 70.3 Å². The molecule has 0 saturated heterocycles. The first-order valence-electron chi connectivity index (χ1n) is 3.07. The number of hydrogen-bond donors (Lipinski definition) is 1. The number of aliphatic imine (C=N–C) groups is 1. The molecule has 0 heterocycles. The van der Waals surface area contributed by atoms with Crippen molar-refractivity contribution in [2.45, 2.75) is 6.92 Å². The van der Waals surface area contributed by atoms with E-state index >= 15 is 0 Å². The molecule has 0 atom stereocenters. The summed E-state index contributed by atoms with van der Waals surface area (Å²) in [6.45, 7) is 1.94. The van der Waals surface area contributed by atoms with Crippen LogP contribution in [0.1, 0.15) is 6.92 Å². The summed E-state index contributed by atoms with van der Waals surface area (Å²) in [6, 6.07) is 0. The Balaban J connectivity index is 4.82. The van der Waals surface area contributed by atoms with Gasteiger partial charge in [0.1, 0.15) is 0 Å². The van der Waals surface area contributed by atoms with E-state index in [1.807, 2.05) is 0 Å². The quantitative estimate of drug-likeness (QED) is 0.276. The molecule has 2 N–H and O–H groups in total. The van der Waals surface area contributed by atoms with E-state index in [0.29, 0.717) is 0 Å². The summed E-state index contributed by atoms with van der Waals surface area (Å²) in [5.41, 5.74) is 5.13. The first-order valence-corrected chi connectivity index (χ1v) is 4.91. The fourth-order valence-corrected chi connectivity index (χ4v) is 1.01. The normalized spacial score (nSPS) is 12.7. The van der Waals surface area contributed by atoms with Gasteiger partial charge in [-0.25, -0.2) is 8.42 Å². The van der Waals surface area contributed by atoms with E-state index in [-0.39, 0.29) is 11.0 Å². The second kappa shape index (κ2) is 4.00.